The summed E-state index contributed by atoms with van der Waals surface area (Å²) in [5, 5.41) is 27.8. The van der Waals surface area contributed by atoms with Crippen molar-refractivity contribution in [2.24, 2.45) is 5.10 Å². The van der Waals surface area contributed by atoms with Gasteiger partial charge in [-0.1, -0.05) is 0 Å². The number of furan rings is 1. The maximum Gasteiger partial charge on any atom is 0.237 e. The van der Waals surface area contributed by atoms with Crippen LogP contribution in [0, 0.1) is 22.7 Å². The number of H-pyrrole nitrogens is 1. The van der Waals surface area contributed by atoms with E-state index in [1.807, 2.05) is 0 Å². The number of benzene rings is 1. The Morgan fingerprint density at radius 3 is 2.61 bits per heavy atom. The number of anilines is 1. The molecule has 0 aliphatic rings. The molecule has 0 spiro atoms. The van der Waals surface area contributed by atoms with Crippen LogP contribution in [0.4, 0.5) is 5.69 Å². The Kier molecular flexibility index (Phi) is 3.81. The highest BCUT2D eigenvalue weighted by molar-refractivity contribution is 6.10. The lowest BCUT2D eigenvalue weighted by atomic mass is 10.2. The van der Waals surface area contributed by atoms with E-state index in [1.165, 1.54) is 0 Å². The number of aromatic amines is 1. The molecular weight excluding hydrogens is 294 g/mol. The molecule has 8 nitrogen and oxygen atoms in total. The molecule has 2 aromatic heterocycles. The van der Waals surface area contributed by atoms with Crippen molar-refractivity contribution in [1.29, 1.82) is 10.5 Å². The smallest absolute Gasteiger partial charge is 0.237 e. The van der Waals surface area contributed by atoms with Gasteiger partial charge in [0.25, 0.3) is 0 Å². The summed E-state index contributed by atoms with van der Waals surface area (Å²) in [6.07, 6.45) is 1.56. The molecule has 0 bridgehead atoms. The molecule has 0 fully saturated rings. The average Bonchev–Trinajstić information content (AvgIpc) is 3.28. The normalized spacial score (nSPS) is 9.65. The number of hydrazone groups is 1. The largest absolute Gasteiger partial charge is 0.461 e. The van der Waals surface area contributed by atoms with Gasteiger partial charge in [-0.25, -0.2) is 4.98 Å². The number of rotatable bonds is 4. The Bertz CT molecular complexity index is 892. The van der Waals surface area contributed by atoms with Crippen LogP contribution in [0.2, 0.25) is 0 Å². The molecule has 110 valence electrons. The van der Waals surface area contributed by atoms with E-state index in [9.17, 15) is 0 Å². The average molecular weight is 303 g/mol. The topological polar surface area (TPSA) is 127 Å². The lowest BCUT2D eigenvalue weighted by Crippen LogP contribution is -1.96. The quantitative estimate of drug-likeness (QED) is 0.563. The number of hydrogen-bond acceptors (Lipinski definition) is 7. The van der Waals surface area contributed by atoms with Gasteiger partial charge in [-0.2, -0.15) is 20.7 Å². The third kappa shape index (κ3) is 3.06. The highest BCUT2D eigenvalue weighted by atomic mass is 16.3. The fourth-order valence-electron chi connectivity index (χ4n) is 1.80. The van der Waals surface area contributed by atoms with Gasteiger partial charge >= 0.3 is 0 Å². The van der Waals surface area contributed by atoms with E-state index < -0.39 is 0 Å². The van der Waals surface area contributed by atoms with Crippen molar-refractivity contribution in [3.8, 4) is 35.1 Å². The second kappa shape index (κ2) is 6.24. The zero-order chi connectivity index (χ0) is 16.1. The SMILES string of the molecule is N#CC(C#N)=NNc1ccc(-c2n[nH]c(-c3ccco3)n2)cc1. The highest BCUT2D eigenvalue weighted by Gasteiger charge is 2.09. The van der Waals surface area contributed by atoms with E-state index in [1.54, 1.807) is 54.8 Å². The van der Waals surface area contributed by atoms with E-state index >= 15 is 0 Å². The minimum Gasteiger partial charge on any atom is -0.461 e. The maximum absolute atomic E-state index is 8.61. The molecule has 23 heavy (non-hydrogen) atoms. The number of hydrogen-bond donors (Lipinski definition) is 2. The Balaban J connectivity index is 1.77. The number of nitriles is 2. The molecule has 1 aromatic carbocycles. The van der Waals surface area contributed by atoms with E-state index in [0.29, 0.717) is 23.1 Å². The Labute approximate surface area is 130 Å². The molecule has 0 amide bonds. The Morgan fingerprint density at radius 1 is 1.17 bits per heavy atom. The first-order valence-corrected chi connectivity index (χ1v) is 6.51. The fraction of sp³-hybridized carbons (Fsp3) is 0. The van der Waals surface area contributed by atoms with Gasteiger partial charge in [-0.3, -0.25) is 10.5 Å². The fourth-order valence-corrected chi connectivity index (χ4v) is 1.80. The van der Waals surface area contributed by atoms with Crippen molar-refractivity contribution >= 4 is 11.4 Å². The van der Waals surface area contributed by atoms with Crippen molar-refractivity contribution in [3.63, 3.8) is 0 Å². The van der Waals surface area contributed by atoms with Gasteiger partial charge in [-0.15, -0.1) is 0 Å². The van der Waals surface area contributed by atoms with Crippen LogP contribution in [0.15, 0.2) is 52.2 Å². The molecule has 0 aliphatic heterocycles. The molecule has 2 heterocycles. The van der Waals surface area contributed by atoms with Gasteiger partial charge in [0.15, 0.2) is 17.4 Å². The van der Waals surface area contributed by atoms with E-state index in [-0.39, 0.29) is 5.71 Å². The standard InChI is InChI=1S/C15H9N7O/c16-8-12(9-17)20-19-11-5-3-10(4-6-11)14-18-15(22-21-14)13-2-1-7-23-13/h1-7,19H,(H,18,21,22). The summed E-state index contributed by atoms with van der Waals surface area (Å²) in [6.45, 7) is 0. The van der Waals surface area contributed by atoms with Crippen LogP contribution in [0.5, 0.6) is 0 Å². The van der Waals surface area contributed by atoms with Crippen LogP contribution in [0.25, 0.3) is 23.0 Å². The zero-order valence-corrected chi connectivity index (χ0v) is 11.7. The van der Waals surface area contributed by atoms with Gasteiger partial charge in [0.05, 0.1) is 12.0 Å². The van der Waals surface area contributed by atoms with E-state index in [4.69, 9.17) is 14.9 Å². The summed E-state index contributed by atoms with van der Waals surface area (Å²) >= 11 is 0. The minimum atomic E-state index is -0.244. The maximum atomic E-state index is 8.61. The van der Waals surface area contributed by atoms with Crippen LogP contribution in [0.3, 0.4) is 0 Å². The highest BCUT2D eigenvalue weighted by Crippen LogP contribution is 2.21. The van der Waals surface area contributed by atoms with E-state index in [2.05, 4.69) is 25.7 Å². The van der Waals surface area contributed by atoms with Gasteiger partial charge < -0.3 is 4.42 Å². The van der Waals surface area contributed by atoms with Gasteiger partial charge in [0.2, 0.25) is 5.71 Å². The molecule has 2 N–H and O–H groups in total. The molecule has 3 aromatic rings. The van der Waals surface area contributed by atoms with Crippen molar-refractivity contribution in [3.05, 3.63) is 42.7 Å². The zero-order valence-electron chi connectivity index (χ0n) is 11.7. The Hall–Kier alpha value is -3.91. The van der Waals surface area contributed by atoms with Gasteiger partial charge in [0, 0.05) is 5.56 Å². The summed E-state index contributed by atoms with van der Waals surface area (Å²) in [5.74, 6) is 1.68. The molecule has 0 aliphatic carbocycles. The summed E-state index contributed by atoms with van der Waals surface area (Å²) < 4.78 is 5.25. The van der Waals surface area contributed by atoms with Crippen LogP contribution in [-0.4, -0.2) is 20.9 Å². The molecule has 0 radical (unpaired) electrons. The molecule has 0 atom stereocenters. The predicted octanol–water partition coefficient (Wildman–Crippen LogP) is 2.55. The molecule has 0 unspecified atom stereocenters. The van der Waals surface area contributed by atoms with Crippen LogP contribution in [0.1, 0.15) is 0 Å². The lowest BCUT2D eigenvalue weighted by Gasteiger charge is -2.00. The van der Waals surface area contributed by atoms with Crippen LogP contribution < -0.4 is 5.43 Å². The van der Waals surface area contributed by atoms with Crippen molar-refractivity contribution in [2.45, 2.75) is 0 Å². The number of nitrogens with one attached hydrogen (secondary N) is 2. The summed E-state index contributed by atoms with van der Waals surface area (Å²) in [6, 6.07) is 14.0. The van der Waals surface area contributed by atoms with Gasteiger partial charge in [0.1, 0.15) is 12.1 Å². The molecule has 3 rings (SSSR count). The molecule has 8 heteroatoms. The first-order chi connectivity index (χ1) is 11.3. The van der Waals surface area contributed by atoms with Gasteiger partial charge in [-0.05, 0) is 36.4 Å². The summed E-state index contributed by atoms with van der Waals surface area (Å²) in [5.41, 5.74) is 3.83. The van der Waals surface area contributed by atoms with Crippen LogP contribution in [-0.2, 0) is 0 Å². The third-order valence-electron chi connectivity index (χ3n) is 2.89. The molecular formula is C15H9N7O. The van der Waals surface area contributed by atoms with E-state index in [0.717, 1.165) is 5.56 Å². The summed E-state index contributed by atoms with van der Waals surface area (Å²) in [7, 11) is 0. The summed E-state index contributed by atoms with van der Waals surface area (Å²) in [4.78, 5) is 4.36. The van der Waals surface area contributed by atoms with Crippen molar-refractivity contribution in [1.82, 2.24) is 15.2 Å². The molecule has 0 saturated heterocycles. The lowest BCUT2D eigenvalue weighted by molar-refractivity contribution is 0.577. The second-order valence-corrected chi connectivity index (χ2v) is 4.36. The first kappa shape index (κ1) is 14.0. The second-order valence-electron chi connectivity index (χ2n) is 4.36. The third-order valence-corrected chi connectivity index (χ3v) is 2.89. The Morgan fingerprint density at radius 2 is 1.96 bits per heavy atom. The first-order valence-electron chi connectivity index (χ1n) is 6.51. The monoisotopic (exact) mass is 303 g/mol. The molecule has 0 saturated carbocycles. The minimum absolute atomic E-state index is 0.244. The number of nitrogens with zero attached hydrogens (tertiary/aromatic N) is 5. The van der Waals surface area contributed by atoms with Crippen LogP contribution >= 0.6 is 0 Å². The predicted molar refractivity (Wildman–Crippen MR) is 81.8 cm³/mol. The van der Waals surface area contributed by atoms with Crippen molar-refractivity contribution < 1.29 is 4.42 Å². The van der Waals surface area contributed by atoms with Crippen molar-refractivity contribution in [2.75, 3.05) is 5.43 Å². The number of aromatic nitrogens is 3.